The third-order valence-corrected chi connectivity index (χ3v) is 5.74. The number of ether oxygens (including phenoxy) is 1. The Bertz CT molecular complexity index is 737. The van der Waals surface area contributed by atoms with Gasteiger partial charge in [-0.2, -0.15) is 13.2 Å². The molecule has 1 aromatic carbocycles. The molecule has 3 atom stereocenters. The number of carbonyl (C=O) groups is 2. The smallest absolute Gasteiger partial charge is 0.416 e. The Kier molecular flexibility index (Phi) is 5.10. The predicted molar refractivity (Wildman–Crippen MR) is 92.0 cm³/mol. The molecule has 2 fully saturated rings. The van der Waals surface area contributed by atoms with E-state index in [2.05, 4.69) is 10.1 Å². The van der Waals surface area contributed by atoms with Crippen molar-refractivity contribution in [1.82, 2.24) is 10.2 Å². The third-order valence-electron chi connectivity index (χ3n) is 5.74. The normalized spacial score (nSPS) is 24.9. The van der Waals surface area contributed by atoms with E-state index < -0.39 is 17.8 Å². The summed E-state index contributed by atoms with van der Waals surface area (Å²) in [5.41, 5.74) is -0.373. The first-order chi connectivity index (χ1) is 12.7. The van der Waals surface area contributed by atoms with Gasteiger partial charge in [-0.1, -0.05) is 25.1 Å². The summed E-state index contributed by atoms with van der Waals surface area (Å²) in [5.74, 6) is -0.261. The van der Waals surface area contributed by atoms with Crippen molar-refractivity contribution in [3.05, 3.63) is 35.4 Å². The van der Waals surface area contributed by atoms with Crippen LogP contribution in [0.4, 0.5) is 18.0 Å². The molecule has 5 nitrogen and oxygen atoms in total. The summed E-state index contributed by atoms with van der Waals surface area (Å²) in [5, 5.41) is 2.54. The summed E-state index contributed by atoms with van der Waals surface area (Å²) >= 11 is 0. The highest BCUT2D eigenvalue weighted by atomic mass is 19.4. The maximum absolute atomic E-state index is 13.0. The van der Waals surface area contributed by atoms with E-state index in [4.69, 9.17) is 0 Å². The van der Waals surface area contributed by atoms with Crippen LogP contribution in [-0.2, 0) is 21.1 Å². The Balaban J connectivity index is 1.70. The van der Waals surface area contributed by atoms with Gasteiger partial charge >= 0.3 is 12.3 Å². The van der Waals surface area contributed by atoms with Gasteiger partial charge in [0.05, 0.1) is 18.6 Å². The largest absolute Gasteiger partial charge is 0.453 e. The number of amides is 2. The molecule has 2 amide bonds. The number of nitrogens with one attached hydrogen (secondary N) is 1. The fraction of sp³-hybridized carbons (Fsp3) is 0.579. The fourth-order valence-corrected chi connectivity index (χ4v) is 4.05. The summed E-state index contributed by atoms with van der Waals surface area (Å²) in [6.07, 6.45) is -3.61. The molecule has 0 aromatic heterocycles. The molecule has 8 heteroatoms. The van der Waals surface area contributed by atoms with Gasteiger partial charge in [0.1, 0.15) is 0 Å². The summed E-state index contributed by atoms with van der Waals surface area (Å²) in [6, 6.07) is 5.44. The Hall–Kier alpha value is -2.25. The quantitative estimate of drug-likeness (QED) is 0.848. The topological polar surface area (TPSA) is 58.6 Å². The number of piperidine rings is 1. The molecule has 0 spiro atoms. The standard InChI is InChI=1S/C19H23F3N2O3/c1-3-12(9-23-17(26)27-2)16(25)24-10-15-8-18(15,11-24)13-5-4-6-14(7-13)19(20,21)22/h4-7,12,15H,3,8-11H2,1-2H3,(H,23,26). The highest BCUT2D eigenvalue weighted by Crippen LogP contribution is 2.59. The Morgan fingerprint density at radius 1 is 1.41 bits per heavy atom. The number of alkyl carbamates (subject to hydrolysis) is 1. The summed E-state index contributed by atoms with van der Waals surface area (Å²) < 4.78 is 43.6. The van der Waals surface area contributed by atoms with E-state index in [-0.39, 0.29) is 29.7 Å². The lowest BCUT2D eigenvalue weighted by Gasteiger charge is -2.26. The van der Waals surface area contributed by atoms with Crippen LogP contribution in [0, 0.1) is 11.8 Å². The average molecular weight is 384 g/mol. The molecule has 1 saturated carbocycles. The van der Waals surface area contributed by atoms with Crippen molar-refractivity contribution in [2.45, 2.75) is 31.4 Å². The first-order valence-corrected chi connectivity index (χ1v) is 8.99. The summed E-state index contributed by atoms with van der Waals surface area (Å²) in [7, 11) is 1.25. The van der Waals surface area contributed by atoms with Crippen LogP contribution in [0.3, 0.4) is 0 Å². The second-order valence-electron chi connectivity index (χ2n) is 7.33. The van der Waals surface area contributed by atoms with E-state index in [0.29, 0.717) is 25.1 Å². The van der Waals surface area contributed by atoms with Gasteiger partial charge in [-0.15, -0.1) is 0 Å². The monoisotopic (exact) mass is 384 g/mol. The molecule has 0 bridgehead atoms. The van der Waals surface area contributed by atoms with Gasteiger partial charge in [0, 0.05) is 25.0 Å². The van der Waals surface area contributed by atoms with Crippen molar-refractivity contribution >= 4 is 12.0 Å². The maximum atomic E-state index is 13.0. The van der Waals surface area contributed by atoms with Crippen LogP contribution in [0.15, 0.2) is 24.3 Å². The number of alkyl halides is 3. The van der Waals surface area contributed by atoms with E-state index in [9.17, 15) is 22.8 Å². The second-order valence-corrected chi connectivity index (χ2v) is 7.33. The SMILES string of the molecule is CCC(CNC(=O)OC)C(=O)N1CC2CC2(c2cccc(C(F)(F)F)c2)C1. The number of nitrogens with zero attached hydrogens (tertiary/aromatic N) is 1. The Morgan fingerprint density at radius 3 is 2.78 bits per heavy atom. The molecule has 3 unspecified atom stereocenters. The van der Waals surface area contributed by atoms with Crippen molar-refractivity contribution in [3.63, 3.8) is 0 Å². The van der Waals surface area contributed by atoms with Gasteiger partial charge < -0.3 is 15.0 Å². The molecule has 1 heterocycles. The van der Waals surface area contributed by atoms with E-state index >= 15 is 0 Å². The molecular weight excluding hydrogens is 361 g/mol. The van der Waals surface area contributed by atoms with E-state index in [0.717, 1.165) is 12.5 Å². The molecule has 1 aromatic rings. The number of benzene rings is 1. The number of methoxy groups -OCH3 is 1. The number of fused-ring (bicyclic) bond motifs is 1. The predicted octanol–water partition coefficient (Wildman–Crippen LogP) is 3.19. The first kappa shape index (κ1) is 19.5. The third kappa shape index (κ3) is 3.75. The van der Waals surface area contributed by atoms with Crippen molar-refractivity contribution < 1.29 is 27.5 Å². The minimum absolute atomic E-state index is 0.0764. The molecule has 0 radical (unpaired) electrons. The van der Waals surface area contributed by atoms with Crippen molar-refractivity contribution in [2.24, 2.45) is 11.8 Å². The number of carbonyl (C=O) groups excluding carboxylic acids is 2. The maximum Gasteiger partial charge on any atom is 0.416 e. The minimum atomic E-state index is -4.38. The number of hydrogen-bond acceptors (Lipinski definition) is 3. The van der Waals surface area contributed by atoms with Gasteiger partial charge in [0.25, 0.3) is 0 Å². The van der Waals surface area contributed by atoms with E-state index in [1.165, 1.54) is 19.2 Å². The Labute approximate surface area is 155 Å². The highest BCUT2D eigenvalue weighted by Gasteiger charge is 2.62. The van der Waals surface area contributed by atoms with Crippen molar-refractivity contribution in [1.29, 1.82) is 0 Å². The number of rotatable bonds is 5. The lowest BCUT2D eigenvalue weighted by atomic mass is 9.93. The van der Waals surface area contributed by atoms with Crippen LogP contribution in [0.5, 0.6) is 0 Å². The lowest BCUT2D eigenvalue weighted by Crippen LogP contribution is -2.42. The molecule has 3 rings (SSSR count). The van der Waals surface area contributed by atoms with Gasteiger partial charge in [0.2, 0.25) is 5.91 Å². The zero-order chi connectivity index (χ0) is 19.8. The number of likely N-dealkylation sites (tertiary alicyclic amines) is 1. The van der Waals surface area contributed by atoms with Crippen LogP contribution >= 0.6 is 0 Å². The van der Waals surface area contributed by atoms with Crippen LogP contribution in [0.25, 0.3) is 0 Å². The van der Waals surface area contributed by atoms with Crippen LogP contribution in [0.1, 0.15) is 30.9 Å². The van der Waals surface area contributed by atoms with Gasteiger partial charge in [0.15, 0.2) is 0 Å². The highest BCUT2D eigenvalue weighted by molar-refractivity contribution is 5.80. The average Bonchev–Trinajstić information content (AvgIpc) is 3.22. The molecule has 148 valence electrons. The Morgan fingerprint density at radius 2 is 2.15 bits per heavy atom. The minimum Gasteiger partial charge on any atom is -0.453 e. The van der Waals surface area contributed by atoms with Gasteiger partial charge in [-0.3, -0.25) is 4.79 Å². The number of halogens is 3. The first-order valence-electron chi connectivity index (χ1n) is 8.99. The molecule has 1 aliphatic carbocycles. The van der Waals surface area contributed by atoms with Gasteiger partial charge in [-0.25, -0.2) is 4.79 Å². The van der Waals surface area contributed by atoms with Gasteiger partial charge in [-0.05, 0) is 30.4 Å². The zero-order valence-corrected chi connectivity index (χ0v) is 15.3. The van der Waals surface area contributed by atoms with E-state index in [1.807, 2.05) is 6.92 Å². The fourth-order valence-electron chi connectivity index (χ4n) is 4.05. The van der Waals surface area contributed by atoms with Crippen LogP contribution < -0.4 is 5.32 Å². The molecular formula is C19H23F3N2O3. The van der Waals surface area contributed by atoms with Crippen LogP contribution in [-0.4, -0.2) is 43.6 Å². The zero-order valence-electron chi connectivity index (χ0n) is 15.3. The lowest BCUT2D eigenvalue weighted by molar-refractivity contribution is -0.138. The molecule has 1 aliphatic heterocycles. The molecule has 2 aliphatic rings. The van der Waals surface area contributed by atoms with Crippen molar-refractivity contribution in [2.75, 3.05) is 26.7 Å². The molecule has 1 saturated heterocycles. The summed E-state index contributed by atoms with van der Waals surface area (Å²) in [6.45, 7) is 3.01. The second kappa shape index (κ2) is 7.05. The molecule has 1 N–H and O–H groups in total. The summed E-state index contributed by atoms with van der Waals surface area (Å²) in [4.78, 5) is 25.8. The van der Waals surface area contributed by atoms with Crippen LogP contribution in [0.2, 0.25) is 0 Å². The molecule has 27 heavy (non-hydrogen) atoms. The van der Waals surface area contributed by atoms with E-state index in [1.54, 1.807) is 11.0 Å². The number of hydrogen-bond donors (Lipinski definition) is 1. The van der Waals surface area contributed by atoms with Crippen molar-refractivity contribution in [3.8, 4) is 0 Å².